The van der Waals surface area contributed by atoms with Crippen LogP contribution in [0.3, 0.4) is 0 Å². The van der Waals surface area contributed by atoms with Gasteiger partial charge >= 0.3 is 5.97 Å². The number of aryl methyl sites for hydroxylation is 1. The van der Waals surface area contributed by atoms with Gasteiger partial charge in [-0.2, -0.15) is 0 Å². The number of halogens is 2. The molecule has 0 aliphatic carbocycles. The van der Waals surface area contributed by atoms with Crippen molar-refractivity contribution in [2.24, 2.45) is 0 Å². The third-order valence-electron chi connectivity index (χ3n) is 2.84. The van der Waals surface area contributed by atoms with E-state index in [9.17, 15) is 9.18 Å². The fourth-order valence-corrected chi connectivity index (χ4v) is 1.92. The van der Waals surface area contributed by atoms with Gasteiger partial charge in [0, 0.05) is 5.69 Å². The Morgan fingerprint density at radius 3 is 2.75 bits per heavy atom. The molecule has 20 heavy (non-hydrogen) atoms. The minimum atomic E-state index is -0.506. The quantitative estimate of drug-likeness (QED) is 0.693. The molecule has 2 aromatic rings. The number of anilines is 1. The second-order valence-electron chi connectivity index (χ2n) is 4.40. The van der Waals surface area contributed by atoms with E-state index >= 15 is 0 Å². The van der Waals surface area contributed by atoms with Crippen LogP contribution in [-0.2, 0) is 11.3 Å². The zero-order valence-corrected chi connectivity index (χ0v) is 11.6. The van der Waals surface area contributed by atoms with E-state index in [4.69, 9.17) is 22.1 Å². The van der Waals surface area contributed by atoms with Gasteiger partial charge in [0.05, 0.1) is 10.6 Å². The molecule has 0 radical (unpaired) electrons. The second-order valence-corrected chi connectivity index (χ2v) is 4.81. The summed E-state index contributed by atoms with van der Waals surface area (Å²) in [5.41, 5.74) is 7.95. The van der Waals surface area contributed by atoms with E-state index in [0.717, 1.165) is 5.56 Å². The second kappa shape index (κ2) is 5.92. The third-order valence-corrected chi connectivity index (χ3v) is 3.13. The maximum Gasteiger partial charge on any atom is 0.338 e. The molecular weight excluding hydrogens is 281 g/mol. The molecule has 0 heterocycles. The van der Waals surface area contributed by atoms with Gasteiger partial charge in [0.1, 0.15) is 12.4 Å². The van der Waals surface area contributed by atoms with E-state index in [2.05, 4.69) is 0 Å². The summed E-state index contributed by atoms with van der Waals surface area (Å²) in [5.74, 6) is -0.983. The third kappa shape index (κ3) is 3.27. The molecule has 0 bridgehead atoms. The summed E-state index contributed by atoms with van der Waals surface area (Å²) in [7, 11) is 0. The maximum atomic E-state index is 13.0. The summed E-state index contributed by atoms with van der Waals surface area (Å²) in [6.45, 7) is 1.82. The molecule has 0 aromatic heterocycles. The van der Waals surface area contributed by atoms with E-state index in [0.29, 0.717) is 16.8 Å². The van der Waals surface area contributed by atoms with Crippen LogP contribution < -0.4 is 5.73 Å². The average molecular weight is 294 g/mol. The van der Waals surface area contributed by atoms with Gasteiger partial charge in [0.25, 0.3) is 0 Å². The van der Waals surface area contributed by atoms with Crippen LogP contribution in [0.25, 0.3) is 0 Å². The molecule has 0 spiro atoms. The topological polar surface area (TPSA) is 52.3 Å². The van der Waals surface area contributed by atoms with E-state index in [1.807, 2.05) is 0 Å². The van der Waals surface area contributed by atoms with Crippen LogP contribution >= 0.6 is 11.6 Å². The van der Waals surface area contributed by atoms with Crippen LogP contribution in [0.1, 0.15) is 21.5 Å². The molecule has 3 nitrogen and oxygen atoms in total. The summed E-state index contributed by atoms with van der Waals surface area (Å²) < 4.78 is 18.2. The zero-order valence-electron chi connectivity index (χ0n) is 10.8. The van der Waals surface area contributed by atoms with Crippen molar-refractivity contribution in [3.05, 3.63) is 63.9 Å². The Morgan fingerprint density at radius 2 is 2.05 bits per heavy atom. The van der Waals surface area contributed by atoms with E-state index < -0.39 is 11.8 Å². The highest BCUT2D eigenvalue weighted by Crippen LogP contribution is 2.18. The number of carbonyl (C=O) groups excluding carboxylic acids is 1. The first-order valence-electron chi connectivity index (χ1n) is 5.94. The maximum absolute atomic E-state index is 13.0. The van der Waals surface area contributed by atoms with Gasteiger partial charge in [-0.25, -0.2) is 9.18 Å². The van der Waals surface area contributed by atoms with Crippen molar-refractivity contribution in [2.45, 2.75) is 13.5 Å². The van der Waals surface area contributed by atoms with Gasteiger partial charge in [-0.3, -0.25) is 0 Å². The molecule has 2 aromatic carbocycles. The lowest BCUT2D eigenvalue weighted by Crippen LogP contribution is -2.08. The van der Waals surface area contributed by atoms with Crippen molar-refractivity contribution >= 4 is 23.3 Å². The number of carbonyl (C=O) groups is 1. The Hall–Kier alpha value is -2.07. The number of nitrogen functional groups attached to an aromatic ring is 1. The van der Waals surface area contributed by atoms with E-state index in [-0.39, 0.29) is 11.6 Å². The Morgan fingerprint density at radius 1 is 1.30 bits per heavy atom. The van der Waals surface area contributed by atoms with Gasteiger partial charge in [-0.1, -0.05) is 23.7 Å². The summed E-state index contributed by atoms with van der Waals surface area (Å²) >= 11 is 5.66. The number of nitrogens with two attached hydrogens (primary N) is 1. The minimum Gasteiger partial charge on any atom is -0.457 e. The van der Waals surface area contributed by atoms with E-state index in [1.165, 1.54) is 18.2 Å². The molecule has 0 fully saturated rings. The molecule has 0 amide bonds. The molecule has 0 saturated heterocycles. The molecule has 0 unspecified atom stereocenters. The minimum absolute atomic E-state index is 0.00122. The Balaban J connectivity index is 2.08. The fraction of sp³-hybridized carbons (Fsp3) is 0.133. The highest BCUT2D eigenvalue weighted by molar-refractivity contribution is 6.30. The van der Waals surface area contributed by atoms with Crippen LogP contribution in [-0.4, -0.2) is 5.97 Å². The van der Waals surface area contributed by atoms with E-state index in [1.54, 1.807) is 25.1 Å². The predicted molar refractivity (Wildman–Crippen MR) is 76.1 cm³/mol. The summed E-state index contributed by atoms with van der Waals surface area (Å²) in [4.78, 5) is 12.0. The SMILES string of the molecule is Cc1ccc(N)cc1C(=O)OCc1ccc(F)c(Cl)c1. The summed E-state index contributed by atoms with van der Waals surface area (Å²) in [6, 6.07) is 9.20. The van der Waals surface area contributed by atoms with Crippen LogP contribution in [0.5, 0.6) is 0 Å². The number of hydrogen-bond acceptors (Lipinski definition) is 3. The zero-order chi connectivity index (χ0) is 14.7. The number of hydrogen-bond donors (Lipinski definition) is 1. The normalized spacial score (nSPS) is 10.3. The summed E-state index contributed by atoms with van der Waals surface area (Å²) in [6.07, 6.45) is 0. The number of ether oxygens (including phenoxy) is 1. The molecule has 0 atom stereocenters. The number of benzene rings is 2. The van der Waals surface area contributed by atoms with Crippen molar-refractivity contribution in [3.63, 3.8) is 0 Å². The van der Waals surface area contributed by atoms with Gasteiger partial charge in [-0.05, 0) is 42.3 Å². The van der Waals surface area contributed by atoms with Crippen molar-refractivity contribution in [1.82, 2.24) is 0 Å². The van der Waals surface area contributed by atoms with Crippen LogP contribution in [0.4, 0.5) is 10.1 Å². The van der Waals surface area contributed by atoms with Gasteiger partial charge < -0.3 is 10.5 Å². The molecule has 2 rings (SSSR count). The van der Waals surface area contributed by atoms with Crippen LogP contribution in [0.2, 0.25) is 5.02 Å². The van der Waals surface area contributed by atoms with Crippen molar-refractivity contribution < 1.29 is 13.9 Å². The lowest BCUT2D eigenvalue weighted by molar-refractivity contribution is 0.0472. The van der Waals surface area contributed by atoms with Crippen LogP contribution in [0.15, 0.2) is 36.4 Å². The highest BCUT2D eigenvalue weighted by Gasteiger charge is 2.11. The fourth-order valence-electron chi connectivity index (χ4n) is 1.72. The largest absolute Gasteiger partial charge is 0.457 e. The van der Waals surface area contributed by atoms with Crippen molar-refractivity contribution in [2.75, 3.05) is 5.73 Å². The molecule has 0 saturated carbocycles. The van der Waals surface area contributed by atoms with Gasteiger partial charge in [-0.15, -0.1) is 0 Å². The molecule has 0 aliphatic heterocycles. The van der Waals surface area contributed by atoms with Crippen molar-refractivity contribution in [3.8, 4) is 0 Å². The first-order chi connectivity index (χ1) is 9.47. The smallest absolute Gasteiger partial charge is 0.338 e. The van der Waals surface area contributed by atoms with Gasteiger partial charge in [0.15, 0.2) is 0 Å². The van der Waals surface area contributed by atoms with Crippen LogP contribution in [0, 0.1) is 12.7 Å². The number of esters is 1. The Bertz CT molecular complexity index is 658. The monoisotopic (exact) mass is 293 g/mol. The first kappa shape index (κ1) is 14.3. The lowest BCUT2D eigenvalue weighted by atomic mass is 10.1. The highest BCUT2D eigenvalue weighted by atomic mass is 35.5. The molecule has 2 N–H and O–H groups in total. The summed E-state index contributed by atoms with van der Waals surface area (Å²) in [5, 5.41) is -0.00122. The number of rotatable bonds is 3. The first-order valence-corrected chi connectivity index (χ1v) is 6.32. The molecular formula is C15H13ClFNO2. The predicted octanol–water partition coefficient (Wildman–Crippen LogP) is 3.73. The average Bonchev–Trinajstić information content (AvgIpc) is 2.42. The van der Waals surface area contributed by atoms with Crippen molar-refractivity contribution in [1.29, 1.82) is 0 Å². The Kier molecular flexibility index (Phi) is 4.25. The lowest BCUT2D eigenvalue weighted by Gasteiger charge is -2.08. The molecule has 5 heteroatoms. The standard InChI is InChI=1S/C15H13ClFNO2/c1-9-2-4-11(18)7-12(9)15(19)20-8-10-3-5-14(17)13(16)6-10/h2-7H,8,18H2,1H3. The Labute approximate surface area is 121 Å². The van der Waals surface area contributed by atoms with Gasteiger partial charge in [0.2, 0.25) is 0 Å². The molecule has 0 aliphatic rings. The molecule has 104 valence electrons.